The smallest absolute Gasteiger partial charge is 0.0862 e. The number of aliphatic hydroxyl groups is 1. The molecule has 0 aromatic carbocycles. The van der Waals surface area contributed by atoms with Gasteiger partial charge in [-0.3, -0.25) is 4.68 Å². The maximum Gasteiger partial charge on any atom is 0.0862 e. The molecular formula is C16H32N4O. The minimum atomic E-state index is -0.420. The molecule has 5 heteroatoms. The molecular weight excluding hydrogens is 264 g/mol. The molecule has 0 fully saturated rings. The third-order valence-corrected chi connectivity index (χ3v) is 4.41. The first-order chi connectivity index (χ1) is 9.92. The predicted octanol–water partition coefficient (Wildman–Crippen LogP) is 2.20. The van der Waals surface area contributed by atoms with Crippen LogP contribution >= 0.6 is 0 Å². The van der Waals surface area contributed by atoms with Crippen molar-refractivity contribution in [1.82, 2.24) is 14.7 Å². The van der Waals surface area contributed by atoms with Crippen LogP contribution in [0.4, 0.5) is 5.69 Å². The van der Waals surface area contributed by atoms with Gasteiger partial charge in [0.25, 0.3) is 0 Å². The van der Waals surface area contributed by atoms with Crippen LogP contribution in [0, 0.1) is 19.8 Å². The molecule has 1 unspecified atom stereocenters. The summed E-state index contributed by atoms with van der Waals surface area (Å²) in [5.74, 6) is 0.710. The molecule has 0 aliphatic carbocycles. The lowest BCUT2D eigenvalue weighted by Crippen LogP contribution is -2.37. The molecule has 0 radical (unpaired) electrons. The summed E-state index contributed by atoms with van der Waals surface area (Å²) < 4.78 is 1.82. The highest BCUT2D eigenvalue weighted by atomic mass is 16.3. The van der Waals surface area contributed by atoms with Crippen LogP contribution in [-0.2, 0) is 6.54 Å². The van der Waals surface area contributed by atoms with Crippen molar-refractivity contribution >= 4 is 5.69 Å². The summed E-state index contributed by atoms with van der Waals surface area (Å²) in [5.41, 5.74) is 8.44. The molecule has 1 heterocycles. The second-order valence-corrected chi connectivity index (χ2v) is 5.96. The standard InChI is InChI=1S/C16H32N4O/c1-6-14(7-2)9-19(8-3)10-15(21)11-20-13(5)16(17)12(4)18-20/h14-15,21H,6-11,17H2,1-5H3. The minimum Gasteiger partial charge on any atom is -0.396 e. The van der Waals surface area contributed by atoms with E-state index in [2.05, 4.69) is 30.8 Å². The molecule has 0 spiro atoms. The fourth-order valence-corrected chi connectivity index (χ4v) is 2.69. The maximum absolute atomic E-state index is 10.3. The molecule has 1 rings (SSSR count). The Balaban J connectivity index is 2.58. The van der Waals surface area contributed by atoms with Crippen molar-refractivity contribution < 1.29 is 5.11 Å². The maximum atomic E-state index is 10.3. The van der Waals surface area contributed by atoms with E-state index in [1.54, 1.807) is 0 Å². The number of nitrogens with two attached hydrogens (primary N) is 1. The number of hydrogen-bond donors (Lipinski definition) is 2. The first kappa shape index (κ1) is 18.0. The van der Waals surface area contributed by atoms with Crippen LogP contribution < -0.4 is 5.73 Å². The van der Waals surface area contributed by atoms with E-state index in [0.717, 1.165) is 30.2 Å². The molecule has 3 N–H and O–H groups in total. The second-order valence-electron chi connectivity index (χ2n) is 5.96. The topological polar surface area (TPSA) is 67.3 Å². The Morgan fingerprint density at radius 2 is 1.81 bits per heavy atom. The Kier molecular flexibility index (Phi) is 7.18. The Morgan fingerprint density at radius 3 is 2.24 bits per heavy atom. The molecule has 5 nitrogen and oxygen atoms in total. The van der Waals surface area contributed by atoms with Gasteiger partial charge < -0.3 is 15.7 Å². The van der Waals surface area contributed by atoms with E-state index in [9.17, 15) is 5.11 Å². The zero-order chi connectivity index (χ0) is 16.0. The normalized spacial score (nSPS) is 13.3. The van der Waals surface area contributed by atoms with Crippen LogP contribution in [0.25, 0.3) is 0 Å². The molecule has 0 saturated carbocycles. The van der Waals surface area contributed by atoms with Gasteiger partial charge in [0.2, 0.25) is 0 Å². The Morgan fingerprint density at radius 1 is 1.19 bits per heavy atom. The molecule has 0 aliphatic heterocycles. The van der Waals surface area contributed by atoms with Gasteiger partial charge in [-0.05, 0) is 26.3 Å². The van der Waals surface area contributed by atoms with Crippen molar-refractivity contribution in [2.24, 2.45) is 5.92 Å². The van der Waals surface area contributed by atoms with E-state index in [1.807, 2.05) is 18.5 Å². The number of nitrogen functional groups attached to an aromatic ring is 1. The Labute approximate surface area is 129 Å². The summed E-state index contributed by atoms with van der Waals surface area (Å²) in [4.78, 5) is 2.33. The van der Waals surface area contributed by atoms with E-state index in [1.165, 1.54) is 12.8 Å². The van der Waals surface area contributed by atoms with Gasteiger partial charge in [0.1, 0.15) is 0 Å². The lowest BCUT2D eigenvalue weighted by Gasteiger charge is -2.27. The molecule has 0 bridgehead atoms. The molecule has 1 atom stereocenters. The molecule has 0 aliphatic rings. The van der Waals surface area contributed by atoms with Crippen molar-refractivity contribution in [3.05, 3.63) is 11.4 Å². The summed E-state index contributed by atoms with van der Waals surface area (Å²) in [6.45, 7) is 13.7. The van der Waals surface area contributed by atoms with E-state index < -0.39 is 6.10 Å². The summed E-state index contributed by atoms with van der Waals surface area (Å²) >= 11 is 0. The van der Waals surface area contributed by atoms with Gasteiger partial charge >= 0.3 is 0 Å². The van der Waals surface area contributed by atoms with Gasteiger partial charge in [0.05, 0.1) is 29.7 Å². The fourth-order valence-electron chi connectivity index (χ4n) is 2.69. The zero-order valence-corrected chi connectivity index (χ0v) is 14.3. The van der Waals surface area contributed by atoms with Gasteiger partial charge in [-0.2, -0.15) is 5.10 Å². The fraction of sp³-hybridized carbons (Fsp3) is 0.812. The quantitative estimate of drug-likeness (QED) is 0.733. The lowest BCUT2D eigenvalue weighted by molar-refractivity contribution is 0.0880. The van der Waals surface area contributed by atoms with Crippen LogP contribution in [0.15, 0.2) is 0 Å². The largest absolute Gasteiger partial charge is 0.396 e. The average molecular weight is 296 g/mol. The number of aryl methyl sites for hydroxylation is 1. The van der Waals surface area contributed by atoms with Gasteiger partial charge in [0.15, 0.2) is 0 Å². The van der Waals surface area contributed by atoms with Crippen LogP contribution in [0.2, 0.25) is 0 Å². The molecule has 122 valence electrons. The van der Waals surface area contributed by atoms with Crippen LogP contribution in [0.5, 0.6) is 0 Å². The van der Waals surface area contributed by atoms with Crippen molar-refractivity contribution in [2.75, 3.05) is 25.4 Å². The Hall–Kier alpha value is -1.07. The van der Waals surface area contributed by atoms with E-state index >= 15 is 0 Å². The summed E-state index contributed by atoms with van der Waals surface area (Å²) in [5, 5.41) is 14.7. The summed E-state index contributed by atoms with van der Waals surface area (Å²) in [6.07, 6.45) is 1.96. The van der Waals surface area contributed by atoms with E-state index in [-0.39, 0.29) is 0 Å². The monoisotopic (exact) mass is 296 g/mol. The number of aliphatic hydroxyl groups excluding tert-OH is 1. The third kappa shape index (κ3) is 5.00. The number of rotatable bonds is 9. The first-order valence-corrected chi connectivity index (χ1v) is 8.12. The van der Waals surface area contributed by atoms with Gasteiger partial charge in [0, 0.05) is 13.1 Å². The van der Waals surface area contributed by atoms with Crippen LogP contribution in [-0.4, -0.2) is 45.5 Å². The predicted molar refractivity (Wildman–Crippen MR) is 88.3 cm³/mol. The van der Waals surface area contributed by atoms with Crippen molar-refractivity contribution in [3.8, 4) is 0 Å². The Bertz CT molecular complexity index is 426. The van der Waals surface area contributed by atoms with Gasteiger partial charge in [-0.25, -0.2) is 0 Å². The van der Waals surface area contributed by atoms with Crippen molar-refractivity contribution in [3.63, 3.8) is 0 Å². The molecule has 0 saturated heterocycles. The van der Waals surface area contributed by atoms with Gasteiger partial charge in [-0.1, -0.05) is 33.6 Å². The molecule has 1 aromatic heterocycles. The zero-order valence-electron chi connectivity index (χ0n) is 14.3. The number of hydrogen-bond acceptors (Lipinski definition) is 4. The number of nitrogens with zero attached hydrogens (tertiary/aromatic N) is 3. The lowest BCUT2D eigenvalue weighted by atomic mass is 10.0. The minimum absolute atomic E-state index is 0.420. The SMILES string of the molecule is CCC(CC)CN(CC)CC(O)Cn1nc(C)c(N)c1C. The van der Waals surface area contributed by atoms with Crippen molar-refractivity contribution in [2.45, 2.75) is 60.1 Å². The first-order valence-electron chi connectivity index (χ1n) is 8.12. The number of likely N-dealkylation sites (N-methyl/N-ethyl adjacent to an activating group) is 1. The van der Waals surface area contributed by atoms with E-state index in [0.29, 0.717) is 19.0 Å². The molecule has 1 aromatic rings. The average Bonchev–Trinajstić information content (AvgIpc) is 2.70. The third-order valence-electron chi connectivity index (χ3n) is 4.41. The van der Waals surface area contributed by atoms with Crippen LogP contribution in [0.1, 0.15) is 45.0 Å². The highest BCUT2D eigenvalue weighted by Crippen LogP contribution is 2.15. The van der Waals surface area contributed by atoms with Crippen molar-refractivity contribution in [1.29, 1.82) is 0 Å². The second kappa shape index (κ2) is 8.39. The highest BCUT2D eigenvalue weighted by molar-refractivity contribution is 5.46. The molecule has 0 amide bonds. The molecule has 21 heavy (non-hydrogen) atoms. The summed E-state index contributed by atoms with van der Waals surface area (Å²) in [6, 6.07) is 0. The number of aromatic nitrogens is 2. The highest BCUT2D eigenvalue weighted by Gasteiger charge is 2.16. The van der Waals surface area contributed by atoms with Crippen LogP contribution in [0.3, 0.4) is 0 Å². The number of anilines is 1. The van der Waals surface area contributed by atoms with Gasteiger partial charge in [-0.15, -0.1) is 0 Å². The summed E-state index contributed by atoms with van der Waals surface area (Å²) in [7, 11) is 0. The van der Waals surface area contributed by atoms with E-state index in [4.69, 9.17) is 5.73 Å².